The highest BCUT2D eigenvalue weighted by atomic mass is 16.5. The molecule has 0 aliphatic heterocycles. The Morgan fingerprint density at radius 3 is 2.41 bits per heavy atom. The summed E-state index contributed by atoms with van der Waals surface area (Å²) in [5, 5.41) is 10.1. The Morgan fingerprint density at radius 1 is 1.24 bits per heavy atom. The third-order valence-electron chi connectivity index (χ3n) is 2.78. The van der Waals surface area contributed by atoms with E-state index >= 15 is 0 Å². The molecule has 96 valence electrons. The molecule has 3 heteroatoms. The first-order valence-corrected chi connectivity index (χ1v) is 6.12. The van der Waals surface area contributed by atoms with Gasteiger partial charge < -0.3 is 14.6 Å². The van der Waals surface area contributed by atoms with Crippen LogP contribution in [-0.2, 0) is 4.74 Å². The molecule has 0 saturated carbocycles. The van der Waals surface area contributed by atoms with Crippen LogP contribution < -0.4 is 4.74 Å². The van der Waals surface area contributed by atoms with Gasteiger partial charge in [-0.1, -0.05) is 25.5 Å². The van der Waals surface area contributed by atoms with Gasteiger partial charge in [0.2, 0.25) is 0 Å². The van der Waals surface area contributed by atoms with Crippen LogP contribution in [0.3, 0.4) is 0 Å². The largest absolute Gasteiger partial charge is 0.497 e. The molecule has 0 aliphatic rings. The van der Waals surface area contributed by atoms with Gasteiger partial charge in [0.15, 0.2) is 0 Å². The van der Waals surface area contributed by atoms with E-state index in [-0.39, 0.29) is 6.10 Å². The Kier molecular flexibility index (Phi) is 6.01. The maximum atomic E-state index is 10.1. The topological polar surface area (TPSA) is 38.7 Å². The molecule has 1 N–H and O–H groups in total. The third kappa shape index (κ3) is 4.36. The molecule has 3 nitrogen and oxygen atoms in total. The molecule has 0 heterocycles. The van der Waals surface area contributed by atoms with E-state index in [2.05, 4.69) is 6.92 Å². The molecule has 0 aromatic heterocycles. The van der Waals surface area contributed by atoms with Crippen LogP contribution in [0.25, 0.3) is 0 Å². The number of aliphatic hydroxyl groups is 1. The van der Waals surface area contributed by atoms with Crippen molar-refractivity contribution in [3.63, 3.8) is 0 Å². The highest BCUT2D eigenvalue weighted by molar-refractivity contribution is 5.28. The first kappa shape index (κ1) is 14.0. The molecule has 0 fully saturated rings. The molecule has 1 aromatic carbocycles. The minimum atomic E-state index is -0.585. The van der Waals surface area contributed by atoms with Crippen molar-refractivity contribution in [2.45, 2.75) is 38.9 Å². The average molecular weight is 238 g/mol. The van der Waals surface area contributed by atoms with Gasteiger partial charge in [-0.05, 0) is 31.0 Å². The summed E-state index contributed by atoms with van der Waals surface area (Å²) in [4.78, 5) is 0. The molecular formula is C14H22O3. The van der Waals surface area contributed by atoms with Gasteiger partial charge in [-0.25, -0.2) is 0 Å². The highest BCUT2D eigenvalue weighted by Crippen LogP contribution is 2.21. The van der Waals surface area contributed by atoms with Crippen LogP contribution in [0.4, 0.5) is 0 Å². The minimum absolute atomic E-state index is 0.185. The number of aliphatic hydroxyl groups excluding tert-OH is 1. The Balaban J connectivity index is 2.52. The zero-order chi connectivity index (χ0) is 12.7. The number of benzene rings is 1. The Bertz CT molecular complexity index is 308. The van der Waals surface area contributed by atoms with Crippen LogP contribution in [0.2, 0.25) is 0 Å². The molecule has 1 rings (SSSR count). The van der Waals surface area contributed by atoms with Crippen molar-refractivity contribution >= 4 is 0 Å². The summed E-state index contributed by atoms with van der Waals surface area (Å²) in [6, 6.07) is 7.42. The Labute approximate surface area is 103 Å². The van der Waals surface area contributed by atoms with Crippen molar-refractivity contribution in [2.75, 3.05) is 13.7 Å². The standard InChI is InChI=1S/C14H22O3/c1-4-5-10-17-11(2)14(15)12-6-8-13(16-3)9-7-12/h6-9,11,14-15H,4-5,10H2,1-3H3. The van der Waals surface area contributed by atoms with Crippen molar-refractivity contribution in [2.24, 2.45) is 0 Å². The molecule has 2 unspecified atom stereocenters. The van der Waals surface area contributed by atoms with E-state index in [1.165, 1.54) is 0 Å². The number of hydrogen-bond acceptors (Lipinski definition) is 3. The first-order valence-electron chi connectivity index (χ1n) is 6.12. The van der Waals surface area contributed by atoms with Gasteiger partial charge in [0.1, 0.15) is 11.9 Å². The molecular weight excluding hydrogens is 216 g/mol. The van der Waals surface area contributed by atoms with Crippen molar-refractivity contribution < 1.29 is 14.6 Å². The number of ether oxygens (including phenoxy) is 2. The quantitative estimate of drug-likeness (QED) is 0.742. The summed E-state index contributed by atoms with van der Waals surface area (Å²) in [6.07, 6.45) is 1.36. The molecule has 1 aromatic rings. The summed E-state index contributed by atoms with van der Waals surface area (Å²) < 4.78 is 10.6. The van der Waals surface area contributed by atoms with E-state index in [4.69, 9.17) is 9.47 Å². The van der Waals surface area contributed by atoms with E-state index in [9.17, 15) is 5.11 Å². The normalized spacial score (nSPS) is 14.4. The lowest BCUT2D eigenvalue weighted by atomic mass is 10.1. The van der Waals surface area contributed by atoms with Gasteiger partial charge in [0.25, 0.3) is 0 Å². The predicted octanol–water partition coefficient (Wildman–Crippen LogP) is 2.93. The number of rotatable bonds is 7. The molecule has 2 atom stereocenters. The second kappa shape index (κ2) is 7.30. The third-order valence-corrected chi connectivity index (χ3v) is 2.78. The minimum Gasteiger partial charge on any atom is -0.497 e. The van der Waals surface area contributed by atoms with E-state index in [0.717, 1.165) is 24.2 Å². The van der Waals surface area contributed by atoms with Crippen molar-refractivity contribution in [1.82, 2.24) is 0 Å². The lowest BCUT2D eigenvalue weighted by molar-refractivity contribution is -0.0288. The fraction of sp³-hybridized carbons (Fsp3) is 0.571. The molecule has 0 saturated heterocycles. The zero-order valence-electron chi connectivity index (χ0n) is 10.8. The van der Waals surface area contributed by atoms with E-state index in [1.54, 1.807) is 7.11 Å². The van der Waals surface area contributed by atoms with E-state index < -0.39 is 6.10 Å². The number of unbranched alkanes of at least 4 members (excludes halogenated alkanes) is 1. The van der Waals surface area contributed by atoms with Gasteiger partial charge >= 0.3 is 0 Å². The van der Waals surface area contributed by atoms with Gasteiger partial charge in [-0.3, -0.25) is 0 Å². The monoisotopic (exact) mass is 238 g/mol. The highest BCUT2D eigenvalue weighted by Gasteiger charge is 2.16. The maximum Gasteiger partial charge on any atom is 0.118 e. The fourth-order valence-electron chi connectivity index (χ4n) is 1.58. The second-order valence-electron chi connectivity index (χ2n) is 4.15. The lowest BCUT2D eigenvalue weighted by Gasteiger charge is -2.20. The summed E-state index contributed by atoms with van der Waals surface area (Å²) in [6.45, 7) is 4.71. The number of hydrogen-bond donors (Lipinski definition) is 1. The van der Waals surface area contributed by atoms with E-state index in [0.29, 0.717) is 6.61 Å². The van der Waals surface area contributed by atoms with Crippen molar-refractivity contribution in [3.05, 3.63) is 29.8 Å². The van der Waals surface area contributed by atoms with Gasteiger partial charge in [-0.2, -0.15) is 0 Å². The molecule has 0 bridgehead atoms. The first-order chi connectivity index (χ1) is 8.19. The van der Waals surface area contributed by atoms with Gasteiger partial charge in [0, 0.05) is 6.61 Å². The van der Waals surface area contributed by atoms with Crippen LogP contribution in [0.15, 0.2) is 24.3 Å². The van der Waals surface area contributed by atoms with E-state index in [1.807, 2.05) is 31.2 Å². The Morgan fingerprint density at radius 2 is 1.88 bits per heavy atom. The smallest absolute Gasteiger partial charge is 0.118 e. The molecule has 0 spiro atoms. The van der Waals surface area contributed by atoms with Crippen LogP contribution >= 0.6 is 0 Å². The lowest BCUT2D eigenvalue weighted by Crippen LogP contribution is -2.19. The molecule has 0 amide bonds. The van der Waals surface area contributed by atoms with Gasteiger partial charge in [0.05, 0.1) is 13.2 Å². The number of methoxy groups -OCH3 is 1. The SMILES string of the molecule is CCCCOC(C)C(O)c1ccc(OC)cc1. The van der Waals surface area contributed by atoms with Crippen molar-refractivity contribution in [1.29, 1.82) is 0 Å². The average Bonchev–Trinajstić information content (AvgIpc) is 2.38. The maximum absolute atomic E-state index is 10.1. The predicted molar refractivity (Wildman–Crippen MR) is 68.3 cm³/mol. The second-order valence-corrected chi connectivity index (χ2v) is 4.15. The summed E-state index contributed by atoms with van der Waals surface area (Å²) in [5.41, 5.74) is 0.856. The van der Waals surface area contributed by atoms with Crippen LogP contribution in [0.1, 0.15) is 38.4 Å². The van der Waals surface area contributed by atoms with Crippen LogP contribution in [-0.4, -0.2) is 24.9 Å². The summed E-state index contributed by atoms with van der Waals surface area (Å²) >= 11 is 0. The summed E-state index contributed by atoms with van der Waals surface area (Å²) in [7, 11) is 1.63. The fourth-order valence-corrected chi connectivity index (χ4v) is 1.58. The molecule has 0 aliphatic carbocycles. The molecule has 17 heavy (non-hydrogen) atoms. The van der Waals surface area contributed by atoms with Crippen molar-refractivity contribution in [3.8, 4) is 5.75 Å². The van der Waals surface area contributed by atoms with Gasteiger partial charge in [-0.15, -0.1) is 0 Å². The molecule has 0 radical (unpaired) electrons. The Hall–Kier alpha value is -1.06. The summed E-state index contributed by atoms with van der Waals surface area (Å²) in [5.74, 6) is 0.792. The van der Waals surface area contributed by atoms with Crippen LogP contribution in [0.5, 0.6) is 5.75 Å². The van der Waals surface area contributed by atoms with Crippen LogP contribution in [0, 0.1) is 0 Å². The zero-order valence-corrected chi connectivity index (χ0v) is 10.8.